The number of thiocarbonyl (C=S) groups is 1. The van der Waals surface area contributed by atoms with Crippen LogP contribution in [0.5, 0.6) is 0 Å². The van der Waals surface area contributed by atoms with Gasteiger partial charge in [-0.3, -0.25) is 0 Å². The van der Waals surface area contributed by atoms with Gasteiger partial charge in [0.2, 0.25) is 0 Å². The molecule has 0 radical (unpaired) electrons. The average molecular weight is 254 g/mol. The molecular formula is C14H26N2S. The first-order valence-corrected chi connectivity index (χ1v) is 7.40. The van der Waals surface area contributed by atoms with Gasteiger partial charge in [-0.25, -0.2) is 0 Å². The summed E-state index contributed by atoms with van der Waals surface area (Å²) in [5.41, 5.74) is 5.81. The van der Waals surface area contributed by atoms with E-state index < -0.39 is 0 Å². The summed E-state index contributed by atoms with van der Waals surface area (Å²) in [6.45, 7) is 8.12. The van der Waals surface area contributed by atoms with Crippen molar-refractivity contribution in [3.63, 3.8) is 0 Å². The first-order chi connectivity index (χ1) is 7.97. The molecule has 2 fully saturated rings. The van der Waals surface area contributed by atoms with Crippen molar-refractivity contribution in [3.05, 3.63) is 0 Å². The molecule has 0 saturated heterocycles. The molecule has 0 bridgehead atoms. The van der Waals surface area contributed by atoms with Gasteiger partial charge < -0.3 is 10.6 Å². The van der Waals surface area contributed by atoms with E-state index in [2.05, 4.69) is 18.7 Å². The van der Waals surface area contributed by atoms with Gasteiger partial charge in [-0.2, -0.15) is 0 Å². The van der Waals surface area contributed by atoms with Gasteiger partial charge in [-0.15, -0.1) is 0 Å². The monoisotopic (exact) mass is 254 g/mol. The Kier molecular flexibility index (Phi) is 4.09. The molecule has 0 unspecified atom stereocenters. The van der Waals surface area contributed by atoms with Crippen molar-refractivity contribution in [1.82, 2.24) is 4.90 Å². The number of hydrogen-bond acceptors (Lipinski definition) is 2. The van der Waals surface area contributed by atoms with Gasteiger partial charge >= 0.3 is 0 Å². The van der Waals surface area contributed by atoms with Crippen molar-refractivity contribution in [2.45, 2.75) is 46.0 Å². The highest BCUT2D eigenvalue weighted by Gasteiger charge is 2.30. The number of nitrogens with zero attached hydrogens (tertiary/aromatic N) is 1. The molecule has 0 atom stereocenters. The summed E-state index contributed by atoms with van der Waals surface area (Å²) in [5, 5.41) is 0. The molecule has 0 aromatic rings. The minimum Gasteiger partial charge on any atom is -0.393 e. The van der Waals surface area contributed by atoms with Gasteiger partial charge in [0.05, 0.1) is 4.99 Å². The van der Waals surface area contributed by atoms with Gasteiger partial charge in [0.15, 0.2) is 0 Å². The van der Waals surface area contributed by atoms with E-state index in [9.17, 15) is 0 Å². The van der Waals surface area contributed by atoms with E-state index in [1.165, 1.54) is 38.8 Å². The second-order valence-electron chi connectivity index (χ2n) is 6.64. The van der Waals surface area contributed by atoms with Gasteiger partial charge in [0.1, 0.15) is 0 Å². The van der Waals surface area contributed by atoms with Crippen molar-refractivity contribution in [1.29, 1.82) is 0 Å². The van der Waals surface area contributed by atoms with E-state index >= 15 is 0 Å². The molecule has 0 aromatic carbocycles. The van der Waals surface area contributed by atoms with E-state index in [-0.39, 0.29) is 5.41 Å². The second-order valence-corrected chi connectivity index (χ2v) is 7.08. The summed E-state index contributed by atoms with van der Waals surface area (Å²) < 4.78 is 0. The Bertz CT molecular complexity index is 266. The topological polar surface area (TPSA) is 29.3 Å². The number of nitrogens with two attached hydrogens (primary N) is 1. The number of hydrogen-bond donors (Lipinski definition) is 1. The SMILES string of the molecule is CC(C)(CCN(CC1CC1)CC1CC1)C(N)=S. The summed E-state index contributed by atoms with van der Waals surface area (Å²) >= 11 is 5.14. The zero-order valence-corrected chi connectivity index (χ0v) is 12.1. The smallest absolute Gasteiger partial charge is 0.0784 e. The lowest BCUT2D eigenvalue weighted by atomic mass is 9.89. The van der Waals surface area contributed by atoms with Crippen LogP contribution >= 0.6 is 12.2 Å². The molecule has 17 heavy (non-hydrogen) atoms. The fourth-order valence-electron chi connectivity index (χ4n) is 2.15. The molecular weight excluding hydrogens is 228 g/mol. The van der Waals surface area contributed by atoms with Crippen LogP contribution in [0.2, 0.25) is 0 Å². The van der Waals surface area contributed by atoms with Crippen LogP contribution in [0.1, 0.15) is 46.0 Å². The predicted molar refractivity (Wildman–Crippen MR) is 77.1 cm³/mol. The maximum Gasteiger partial charge on any atom is 0.0784 e. The van der Waals surface area contributed by atoms with Gasteiger partial charge in [-0.1, -0.05) is 26.1 Å². The lowest BCUT2D eigenvalue weighted by Crippen LogP contribution is -2.36. The van der Waals surface area contributed by atoms with Gasteiger partial charge in [-0.05, 0) is 50.5 Å². The maximum atomic E-state index is 5.80. The Hall–Kier alpha value is -0.150. The van der Waals surface area contributed by atoms with E-state index in [0.29, 0.717) is 4.99 Å². The summed E-state index contributed by atoms with van der Waals surface area (Å²) in [6, 6.07) is 0. The predicted octanol–water partition coefficient (Wildman–Crippen LogP) is 2.81. The molecule has 2 rings (SSSR count). The third-order valence-electron chi connectivity index (χ3n) is 4.15. The lowest BCUT2D eigenvalue weighted by molar-refractivity contribution is 0.228. The van der Waals surface area contributed by atoms with Crippen molar-refractivity contribution in [2.75, 3.05) is 19.6 Å². The summed E-state index contributed by atoms with van der Waals surface area (Å²) in [6.07, 6.45) is 6.88. The van der Waals surface area contributed by atoms with E-state index in [0.717, 1.165) is 24.8 Å². The Balaban J connectivity index is 1.76. The van der Waals surface area contributed by atoms with Crippen LogP contribution in [0.3, 0.4) is 0 Å². The fraction of sp³-hybridized carbons (Fsp3) is 0.929. The van der Waals surface area contributed by atoms with E-state index in [1.54, 1.807) is 0 Å². The van der Waals surface area contributed by atoms with Crippen LogP contribution in [0.25, 0.3) is 0 Å². The second kappa shape index (κ2) is 5.23. The van der Waals surface area contributed by atoms with Crippen LogP contribution in [0.15, 0.2) is 0 Å². The molecule has 0 heterocycles. The Morgan fingerprint density at radius 1 is 1.18 bits per heavy atom. The first-order valence-electron chi connectivity index (χ1n) is 6.99. The molecule has 0 aliphatic heterocycles. The molecule has 2 saturated carbocycles. The third-order valence-corrected chi connectivity index (χ3v) is 4.70. The Morgan fingerprint density at radius 3 is 2.00 bits per heavy atom. The Morgan fingerprint density at radius 2 is 1.65 bits per heavy atom. The highest BCUT2D eigenvalue weighted by atomic mass is 32.1. The highest BCUT2D eigenvalue weighted by Crippen LogP contribution is 2.34. The fourth-order valence-corrected chi connectivity index (χ4v) is 2.25. The van der Waals surface area contributed by atoms with Crippen LogP contribution in [-0.4, -0.2) is 29.5 Å². The van der Waals surface area contributed by atoms with Crippen LogP contribution in [0, 0.1) is 17.3 Å². The molecule has 0 amide bonds. The largest absolute Gasteiger partial charge is 0.393 e. The normalized spacial score (nSPS) is 20.9. The van der Waals surface area contributed by atoms with Crippen molar-refractivity contribution < 1.29 is 0 Å². The zero-order valence-electron chi connectivity index (χ0n) is 11.2. The minimum atomic E-state index is 0.0146. The maximum absolute atomic E-state index is 5.80. The molecule has 2 N–H and O–H groups in total. The summed E-state index contributed by atoms with van der Waals surface area (Å²) in [7, 11) is 0. The van der Waals surface area contributed by atoms with Crippen LogP contribution < -0.4 is 5.73 Å². The van der Waals surface area contributed by atoms with Crippen molar-refractivity contribution in [3.8, 4) is 0 Å². The molecule has 98 valence electrons. The molecule has 2 nitrogen and oxygen atoms in total. The average Bonchev–Trinajstić information content (AvgIpc) is 3.08. The number of rotatable bonds is 8. The molecule has 3 heteroatoms. The quantitative estimate of drug-likeness (QED) is 0.675. The standard InChI is InChI=1S/C14H26N2S/c1-14(2,13(15)17)7-8-16(9-11-3-4-11)10-12-5-6-12/h11-12H,3-10H2,1-2H3,(H2,15,17). The van der Waals surface area contributed by atoms with E-state index in [1.807, 2.05) is 0 Å². The molecule has 2 aliphatic carbocycles. The molecule has 0 spiro atoms. The van der Waals surface area contributed by atoms with Crippen molar-refractivity contribution in [2.24, 2.45) is 23.0 Å². The van der Waals surface area contributed by atoms with Crippen LogP contribution in [-0.2, 0) is 0 Å². The van der Waals surface area contributed by atoms with Gasteiger partial charge in [0.25, 0.3) is 0 Å². The summed E-state index contributed by atoms with van der Waals surface area (Å²) in [5.74, 6) is 1.98. The third kappa shape index (κ3) is 4.55. The van der Waals surface area contributed by atoms with E-state index in [4.69, 9.17) is 18.0 Å². The van der Waals surface area contributed by atoms with Crippen LogP contribution in [0.4, 0.5) is 0 Å². The minimum absolute atomic E-state index is 0.0146. The van der Waals surface area contributed by atoms with Gasteiger partial charge in [0, 0.05) is 18.5 Å². The first kappa shape index (κ1) is 13.3. The Labute approximate surface area is 111 Å². The van der Waals surface area contributed by atoms with Crippen molar-refractivity contribution >= 4 is 17.2 Å². The lowest BCUT2D eigenvalue weighted by Gasteiger charge is -2.28. The molecule has 2 aliphatic rings. The highest BCUT2D eigenvalue weighted by molar-refractivity contribution is 7.80. The summed E-state index contributed by atoms with van der Waals surface area (Å²) in [4.78, 5) is 3.32. The zero-order chi connectivity index (χ0) is 12.5. The molecule has 0 aromatic heterocycles.